The van der Waals surface area contributed by atoms with Crippen LogP contribution in [0.5, 0.6) is 0 Å². The molecule has 0 radical (unpaired) electrons. The highest BCUT2D eigenvalue weighted by atomic mass is 19.1. The molecule has 1 aromatic rings. The van der Waals surface area contributed by atoms with E-state index in [4.69, 9.17) is 10.8 Å². The van der Waals surface area contributed by atoms with Crippen LogP contribution in [0.4, 0.5) is 14.5 Å². The molecule has 7 heteroatoms. The predicted molar refractivity (Wildman–Crippen MR) is 55.6 cm³/mol. The fraction of sp³-hybridized carbons (Fsp3) is 0.200. The van der Waals surface area contributed by atoms with Gasteiger partial charge in [0.25, 0.3) is 0 Å². The molecule has 5 nitrogen and oxygen atoms in total. The third-order valence-electron chi connectivity index (χ3n) is 1.96. The molecule has 0 saturated carbocycles. The van der Waals surface area contributed by atoms with Gasteiger partial charge in [0.05, 0.1) is 5.56 Å². The third kappa shape index (κ3) is 3.40. The maximum Gasteiger partial charge on any atom is 0.335 e. The van der Waals surface area contributed by atoms with E-state index in [0.29, 0.717) is 12.1 Å². The minimum absolute atomic E-state index is 0.0322. The molecule has 0 atom stereocenters. The summed E-state index contributed by atoms with van der Waals surface area (Å²) in [6.45, 7) is -0.0322. The Morgan fingerprint density at radius 2 is 1.82 bits per heavy atom. The van der Waals surface area contributed by atoms with Crippen LogP contribution in [-0.2, 0) is 4.79 Å². The van der Waals surface area contributed by atoms with Crippen molar-refractivity contribution in [2.45, 2.75) is 6.42 Å². The minimum atomic E-state index is -1.42. The van der Waals surface area contributed by atoms with Crippen molar-refractivity contribution in [3.63, 3.8) is 0 Å². The number of benzene rings is 1. The van der Waals surface area contributed by atoms with Crippen LogP contribution in [0.2, 0.25) is 0 Å². The molecular formula is C10H10F2N2O3. The summed E-state index contributed by atoms with van der Waals surface area (Å²) in [4.78, 5) is 20.9. The maximum atomic E-state index is 13.3. The zero-order valence-electron chi connectivity index (χ0n) is 8.67. The van der Waals surface area contributed by atoms with Gasteiger partial charge in [0.2, 0.25) is 5.91 Å². The van der Waals surface area contributed by atoms with Crippen LogP contribution >= 0.6 is 0 Å². The lowest BCUT2D eigenvalue weighted by Gasteiger charge is -2.08. The van der Waals surface area contributed by atoms with Crippen molar-refractivity contribution >= 4 is 17.6 Å². The number of carbonyl (C=O) groups is 2. The van der Waals surface area contributed by atoms with Gasteiger partial charge in [-0.05, 0) is 12.1 Å². The summed E-state index contributed by atoms with van der Waals surface area (Å²) >= 11 is 0. The van der Waals surface area contributed by atoms with Crippen molar-refractivity contribution in [1.82, 2.24) is 0 Å². The number of nitrogens with one attached hydrogen (secondary N) is 1. The SMILES string of the molecule is NC(=O)CCNc1c(F)cc(C(=O)O)cc1F. The predicted octanol–water partition coefficient (Wildman–Crippen LogP) is 0.950. The normalized spacial score (nSPS) is 10.0. The van der Waals surface area contributed by atoms with Crippen molar-refractivity contribution in [2.75, 3.05) is 11.9 Å². The topological polar surface area (TPSA) is 92.4 Å². The van der Waals surface area contributed by atoms with Crippen molar-refractivity contribution in [2.24, 2.45) is 5.73 Å². The molecule has 17 heavy (non-hydrogen) atoms. The molecule has 0 heterocycles. The quantitative estimate of drug-likeness (QED) is 0.719. The van der Waals surface area contributed by atoms with Gasteiger partial charge in [-0.2, -0.15) is 0 Å². The molecule has 92 valence electrons. The van der Waals surface area contributed by atoms with E-state index in [1.807, 2.05) is 0 Å². The Morgan fingerprint density at radius 3 is 2.24 bits per heavy atom. The average Bonchev–Trinajstić information content (AvgIpc) is 2.21. The summed E-state index contributed by atoms with van der Waals surface area (Å²) in [5.74, 6) is -4.11. The standard InChI is InChI=1S/C10H10F2N2O3/c11-6-3-5(10(16)17)4-7(12)9(6)14-2-1-8(13)15/h3-4,14H,1-2H2,(H2,13,15)(H,16,17). The molecule has 4 N–H and O–H groups in total. The van der Waals surface area contributed by atoms with E-state index in [0.717, 1.165) is 0 Å². The van der Waals surface area contributed by atoms with Crippen molar-refractivity contribution in [3.8, 4) is 0 Å². The average molecular weight is 244 g/mol. The number of amides is 1. The highest BCUT2D eigenvalue weighted by molar-refractivity contribution is 5.88. The Kier molecular flexibility index (Phi) is 3.97. The van der Waals surface area contributed by atoms with E-state index in [-0.39, 0.29) is 13.0 Å². The van der Waals surface area contributed by atoms with Crippen molar-refractivity contribution < 1.29 is 23.5 Å². The highest BCUT2D eigenvalue weighted by Gasteiger charge is 2.14. The van der Waals surface area contributed by atoms with E-state index < -0.39 is 34.8 Å². The van der Waals surface area contributed by atoms with Gasteiger partial charge in [-0.15, -0.1) is 0 Å². The second-order valence-corrected chi connectivity index (χ2v) is 3.26. The monoisotopic (exact) mass is 244 g/mol. The van der Waals surface area contributed by atoms with E-state index in [9.17, 15) is 18.4 Å². The zero-order valence-corrected chi connectivity index (χ0v) is 8.67. The van der Waals surface area contributed by atoms with Gasteiger partial charge >= 0.3 is 5.97 Å². The van der Waals surface area contributed by atoms with Gasteiger partial charge in [0.1, 0.15) is 17.3 Å². The first kappa shape index (κ1) is 12.9. The molecular weight excluding hydrogens is 234 g/mol. The second-order valence-electron chi connectivity index (χ2n) is 3.26. The highest BCUT2D eigenvalue weighted by Crippen LogP contribution is 2.20. The van der Waals surface area contributed by atoms with Gasteiger partial charge in [-0.25, -0.2) is 13.6 Å². The van der Waals surface area contributed by atoms with E-state index in [2.05, 4.69) is 5.32 Å². The van der Waals surface area contributed by atoms with E-state index >= 15 is 0 Å². The molecule has 1 aromatic carbocycles. The molecule has 0 unspecified atom stereocenters. The van der Waals surface area contributed by atoms with Crippen molar-refractivity contribution in [3.05, 3.63) is 29.3 Å². The molecule has 0 fully saturated rings. The number of nitrogens with two attached hydrogens (primary N) is 1. The van der Waals surface area contributed by atoms with Crippen LogP contribution in [0.1, 0.15) is 16.8 Å². The smallest absolute Gasteiger partial charge is 0.335 e. The van der Waals surface area contributed by atoms with E-state index in [1.54, 1.807) is 0 Å². The van der Waals surface area contributed by atoms with Crippen LogP contribution in [0.3, 0.4) is 0 Å². The number of aromatic carboxylic acids is 1. The maximum absolute atomic E-state index is 13.3. The summed E-state index contributed by atoms with van der Waals surface area (Å²) in [6, 6.07) is 1.38. The number of carboxylic acids is 1. The summed E-state index contributed by atoms with van der Waals surface area (Å²) in [5, 5.41) is 10.9. The van der Waals surface area contributed by atoms with Crippen LogP contribution in [0, 0.1) is 11.6 Å². The van der Waals surface area contributed by atoms with Crippen LogP contribution in [0.15, 0.2) is 12.1 Å². The molecule has 1 amide bonds. The number of rotatable bonds is 5. The Labute approximate surface area is 95.2 Å². The van der Waals surface area contributed by atoms with Crippen LogP contribution < -0.4 is 11.1 Å². The molecule has 0 bridgehead atoms. The summed E-state index contributed by atoms with van der Waals surface area (Å²) in [5.41, 5.74) is 3.89. The van der Waals surface area contributed by atoms with Crippen LogP contribution in [-0.4, -0.2) is 23.5 Å². The molecule has 0 aliphatic carbocycles. The fourth-order valence-electron chi connectivity index (χ4n) is 1.18. The van der Waals surface area contributed by atoms with Gasteiger partial charge in [0.15, 0.2) is 0 Å². The lowest BCUT2D eigenvalue weighted by Crippen LogP contribution is -2.17. The Hall–Kier alpha value is -2.18. The molecule has 0 saturated heterocycles. The summed E-state index contributed by atoms with van der Waals surface area (Å²) < 4.78 is 26.6. The number of anilines is 1. The van der Waals surface area contributed by atoms with Crippen LogP contribution in [0.25, 0.3) is 0 Å². The number of primary amides is 1. The molecule has 0 aliphatic rings. The summed E-state index contributed by atoms with van der Waals surface area (Å²) in [7, 11) is 0. The second kappa shape index (κ2) is 5.24. The number of carbonyl (C=O) groups excluding carboxylic acids is 1. The minimum Gasteiger partial charge on any atom is -0.478 e. The number of halogens is 2. The first-order valence-corrected chi connectivity index (χ1v) is 4.66. The van der Waals surface area contributed by atoms with Gasteiger partial charge < -0.3 is 16.2 Å². The lowest BCUT2D eigenvalue weighted by molar-refractivity contribution is -0.117. The van der Waals surface area contributed by atoms with Gasteiger partial charge in [0, 0.05) is 13.0 Å². The first-order chi connectivity index (χ1) is 7.91. The first-order valence-electron chi connectivity index (χ1n) is 4.66. The number of carboxylic acid groups (broad SMARTS) is 1. The Bertz CT molecular complexity index is 440. The lowest BCUT2D eigenvalue weighted by atomic mass is 10.2. The Balaban J connectivity index is 2.86. The van der Waals surface area contributed by atoms with Crippen molar-refractivity contribution in [1.29, 1.82) is 0 Å². The Morgan fingerprint density at radius 1 is 1.29 bits per heavy atom. The zero-order chi connectivity index (χ0) is 13.0. The third-order valence-corrected chi connectivity index (χ3v) is 1.96. The molecule has 0 aromatic heterocycles. The van der Waals surface area contributed by atoms with Gasteiger partial charge in [-0.1, -0.05) is 0 Å². The van der Waals surface area contributed by atoms with E-state index in [1.165, 1.54) is 0 Å². The molecule has 1 rings (SSSR count). The molecule has 0 aliphatic heterocycles. The fourth-order valence-corrected chi connectivity index (χ4v) is 1.18. The molecule has 0 spiro atoms. The number of hydrogen-bond donors (Lipinski definition) is 3. The number of hydrogen-bond acceptors (Lipinski definition) is 3. The van der Waals surface area contributed by atoms with Gasteiger partial charge in [-0.3, -0.25) is 4.79 Å². The summed E-state index contributed by atoms with van der Waals surface area (Å²) in [6.07, 6.45) is -0.0838. The largest absolute Gasteiger partial charge is 0.478 e.